The Kier molecular flexibility index (Phi) is 5.09. The topological polar surface area (TPSA) is 47.6 Å². The van der Waals surface area contributed by atoms with E-state index in [1.807, 2.05) is 56.3 Å². The molecule has 0 fully saturated rings. The Morgan fingerprint density at radius 3 is 2.57 bits per heavy atom. The van der Waals surface area contributed by atoms with Crippen LogP contribution in [-0.2, 0) is 4.79 Å². The van der Waals surface area contributed by atoms with Crippen LogP contribution in [0.2, 0.25) is 0 Å². The smallest absolute Gasteiger partial charge is 0.225 e. The highest BCUT2D eigenvalue weighted by molar-refractivity contribution is 7.11. The molecule has 0 spiro atoms. The maximum atomic E-state index is 12.6. The normalized spacial score (nSPS) is 15.9. The van der Waals surface area contributed by atoms with Gasteiger partial charge in [0.25, 0.3) is 0 Å². The quantitative estimate of drug-likeness (QED) is 0.606. The van der Waals surface area contributed by atoms with Crippen LogP contribution in [0.4, 0.5) is 5.69 Å². The molecular formula is C23H23NO3S. The lowest BCUT2D eigenvalue weighted by molar-refractivity contribution is -0.116. The molecule has 2 aromatic carbocycles. The molecule has 0 bridgehead atoms. The highest BCUT2D eigenvalue weighted by Crippen LogP contribution is 2.48. The van der Waals surface area contributed by atoms with E-state index in [0.717, 1.165) is 33.9 Å². The van der Waals surface area contributed by atoms with Crippen molar-refractivity contribution in [1.29, 1.82) is 0 Å². The number of ether oxygens (including phenoxy) is 2. The van der Waals surface area contributed by atoms with Gasteiger partial charge in [-0.1, -0.05) is 30.3 Å². The molecule has 1 aromatic heterocycles. The Morgan fingerprint density at radius 2 is 1.86 bits per heavy atom. The van der Waals surface area contributed by atoms with Gasteiger partial charge < -0.3 is 14.8 Å². The van der Waals surface area contributed by atoms with Crippen molar-refractivity contribution < 1.29 is 14.3 Å². The number of methoxy groups -OCH3 is 1. The summed E-state index contributed by atoms with van der Waals surface area (Å²) in [5.74, 6) is 1.69. The minimum atomic E-state index is -0.00398. The van der Waals surface area contributed by atoms with Gasteiger partial charge in [-0.2, -0.15) is 0 Å². The first-order valence-electron chi connectivity index (χ1n) is 9.38. The lowest BCUT2D eigenvalue weighted by atomic mass is 9.88. The second-order valence-corrected chi connectivity index (χ2v) is 8.04. The fraction of sp³-hybridized carbons (Fsp3) is 0.261. The fourth-order valence-electron chi connectivity index (χ4n) is 3.59. The number of benzene rings is 2. The highest BCUT2D eigenvalue weighted by Gasteiger charge is 2.32. The predicted octanol–water partition coefficient (Wildman–Crippen LogP) is 5.69. The summed E-state index contributed by atoms with van der Waals surface area (Å²) in [6.07, 6.45) is 0.504. The standard InChI is InChI=1S/C23H23NO3S/c1-14(2)27-20-7-5-4-6-17(20)18-12-21(25)24-22-19(13-28-23(18)22)15-8-10-16(26-3)11-9-15/h4-11,13-14,18H,12H2,1-3H3,(H,24,25)/t18-/m1/s1. The van der Waals surface area contributed by atoms with Gasteiger partial charge in [0, 0.05) is 33.7 Å². The first kappa shape index (κ1) is 18.6. The van der Waals surface area contributed by atoms with Crippen molar-refractivity contribution in [1.82, 2.24) is 0 Å². The monoisotopic (exact) mass is 393 g/mol. The molecule has 1 aliphatic rings. The fourth-order valence-corrected chi connectivity index (χ4v) is 4.74. The average Bonchev–Trinajstić information content (AvgIpc) is 3.11. The van der Waals surface area contributed by atoms with Gasteiger partial charge in [0.15, 0.2) is 0 Å². The van der Waals surface area contributed by atoms with Crippen LogP contribution in [0.3, 0.4) is 0 Å². The molecule has 3 aromatic rings. The van der Waals surface area contributed by atoms with Gasteiger partial charge in [0.05, 0.1) is 18.9 Å². The number of carbonyl (C=O) groups excluding carboxylic acids is 1. The number of amides is 1. The molecule has 0 aliphatic carbocycles. The molecule has 0 saturated carbocycles. The summed E-state index contributed by atoms with van der Waals surface area (Å²) in [4.78, 5) is 13.7. The average molecular weight is 394 g/mol. The molecule has 4 rings (SSSR count). The van der Waals surface area contributed by atoms with Gasteiger partial charge >= 0.3 is 0 Å². The molecule has 1 N–H and O–H groups in total. The summed E-state index contributed by atoms with van der Waals surface area (Å²) in [7, 11) is 1.66. The number of thiophene rings is 1. The molecule has 144 valence electrons. The van der Waals surface area contributed by atoms with E-state index < -0.39 is 0 Å². The Morgan fingerprint density at radius 1 is 1.11 bits per heavy atom. The van der Waals surface area contributed by atoms with Gasteiger partial charge in [0.1, 0.15) is 11.5 Å². The molecule has 0 saturated heterocycles. The summed E-state index contributed by atoms with van der Waals surface area (Å²) in [6.45, 7) is 4.03. The molecule has 1 aliphatic heterocycles. The lowest BCUT2D eigenvalue weighted by Crippen LogP contribution is -2.23. The molecule has 0 unspecified atom stereocenters. The third kappa shape index (κ3) is 3.50. The SMILES string of the molecule is COc1ccc(-c2csc3c2NC(=O)C[C@@H]3c2ccccc2OC(C)C)cc1. The molecule has 0 radical (unpaired) electrons. The van der Waals surface area contributed by atoms with E-state index in [4.69, 9.17) is 9.47 Å². The summed E-state index contributed by atoms with van der Waals surface area (Å²) in [6, 6.07) is 16.0. The largest absolute Gasteiger partial charge is 0.497 e. The van der Waals surface area contributed by atoms with Gasteiger partial charge in [-0.05, 0) is 37.6 Å². The van der Waals surface area contributed by atoms with Crippen molar-refractivity contribution in [3.8, 4) is 22.6 Å². The summed E-state index contributed by atoms with van der Waals surface area (Å²) < 4.78 is 11.3. The molecule has 1 amide bonds. The van der Waals surface area contributed by atoms with Crippen molar-refractivity contribution in [2.24, 2.45) is 0 Å². The number of carbonyl (C=O) groups is 1. The van der Waals surface area contributed by atoms with Crippen molar-refractivity contribution in [3.63, 3.8) is 0 Å². The molecule has 1 atom stereocenters. The predicted molar refractivity (Wildman–Crippen MR) is 114 cm³/mol. The Balaban J connectivity index is 1.77. The van der Waals surface area contributed by atoms with Crippen LogP contribution < -0.4 is 14.8 Å². The van der Waals surface area contributed by atoms with Gasteiger partial charge in [-0.25, -0.2) is 0 Å². The molecule has 5 heteroatoms. The minimum absolute atomic E-state index is 0.00398. The van der Waals surface area contributed by atoms with Gasteiger partial charge in [-0.3, -0.25) is 4.79 Å². The van der Waals surface area contributed by atoms with Crippen LogP contribution in [0.5, 0.6) is 11.5 Å². The van der Waals surface area contributed by atoms with E-state index in [2.05, 4.69) is 16.8 Å². The molecule has 4 nitrogen and oxygen atoms in total. The van der Waals surface area contributed by atoms with E-state index in [1.165, 1.54) is 4.88 Å². The number of hydrogen-bond acceptors (Lipinski definition) is 4. The number of nitrogens with one attached hydrogen (secondary N) is 1. The number of fused-ring (bicyclic) bond motifs is 1. The van der Waals surface area contributed by atoms with Crippen molar-refractivity contribution in [2.75, 3.05) is 12.4 Å². The Hall–Kier alpha value is -2.79. The van der Waals surface area contributed by atoms with Gasteiger partial charge in [-0.15, -0.1) is 11.3 Å². The summed E-state index contributed by atoms with van der Waals surface area (Å²) in [5, 5.41) is 5.22. The number of hydrogen-bond donors (Lipinski definition) is 1. The Labute approximate surface area is 169 Å². The van der Waals surface area contributed by atoms with Crippen LogP contribution in [0.15, 0.2) is 53.9 Å². The molecule has 2 heterocycles. The van der Waals surface area contributed by atoms with Crippen LogP contribution in [0.25, 0.3) is 11.1 Å². The van der Waals surface area contributed by atoms with Crippen molar-refractivity contribution in [2.45, 2.75) is 32.3 Å². The van der Waals surface area contributed by atoms with E-state index in [1.54, 1.807) is 18.4 Å². The van der Waals surface area contributed by atoms with Crippen LogP contribution in [-0.4, -0.2) is 19.1 Å². The van der Waals surface area contributed by atoms with Crippen molar-refractivity contribution >= 4 is 22.9 Å². The highest BCUT2D eigenvalue weighted by atomic mass is 32.1. The number of anilines is 1. The second-order valence-electron chi connectivity index (χ2n) is 7.13. The zero-order valence-electron chi connectivity index (χ0n) is 16.2. The maximum absolute atomic E-state index is 12.6. The first-order valence-corrected chi connectivity index (χ1v) is 10.3. The van der Waals surface area contributed by atoms with Crippen LogP contribution >= 0.6 is 11.3 Å². The van der Waals surface area contributed by atoms with Crippen molar-refractivity contribution in [3.05, 3.63) is 64.4 Å². The van der Waals surface area contributed by atoms with Gasteiger partial charge in [0.2, 0.25) is 5.91 Å². The van der Waals surface area contributed by atoms with Crippen LogP contribution in [0, 0.1) is 0 Å². The third-order valence-corrected chi connectivity index (χ3v) is 5.94. The number of rotatable bonds is 5. The Bertz CT molecular complexity index is 991. The van der Waals surface area contributed by atoms with Crippen LogP contribution in [0.1, 0.15) is 36.6 Å². The van der Waals surface area contributed by atoms with E-state index >= 15 is 0 Å². The van der Waals surface area contributed by atoms with E-state index in [9.17, 15) is 4.79 Å². The minimum Gasteiger partial charge on any atom is -0.497 e. The maximum Gasteiger partial charge on any atom is 0.225 e. The third-order valence-electron chi connectivity index (χ3n) is 4.85. The summed E-state index contributed by atoms with van der Waals surface area (Å²) >= 11 is 1.69. The lowest BCUT2D eigenvalue weighted by Gasteiger charge is -2.26. The second kappa shape index (κ2) is 7.68. The zero-order valence-corrected chi connectivity index (χ0v) is 17.0. The number of para-hydroxylation sites is 1. The first-order chi connectivity index (χ1) is 13.6. The van der Waals surface area contributed by atoms with E-state index in [-0.39, 0.29) is 17.9 Å². The van der Waals surface area contributed by atoms with E-state index in [0.29, 0.717) is 6.42 Å². The molecular weight excluding hydrogens is 370 g/mol. The summed E-state index contributed by atoms with van der Waals surface area (Å²) in [5.41, 5.74) is 4.08. The molecule has 28 heavy (non-hydrogen) atoms. The zero-order chi connectivity index (χ0) is 19.7.